The number of anilines is 2. The van der Waals surface area contributed by atoms with E-state index in [1.807, 2.05) is 89.3 Å². The standard InChI is InChI=1S/C24H27FN4O4S.C20H20FN3O2S.C16H22FIN4O4S/c1-23(2,3)33-22(30)27-21-28-24(4,15-34(31,32)29(21)5)18-14-20(26)17(13-19(18)25)12-11-16-9-7-6-8-10-16;1-20(12-27(25,26)24(2)19(22)23-20)17-10-15-8-14(9-16(15)11-18(17)21)13-6-4-3-5-7-13;1-15(2,3)26-14(23)20-13-21-16(4,8-27(24,25)22(13)5)9-6-12(19)11(18)7-10(9)17/h6-10,13-14H,15,26H2,1-5H3,(H,27,28,30);3-7,9-11H,8,12H2,1-2H3,(H2,22,23);6-7H,8,19H2,1-5H3,(H,20,21,23)/t24-;20-;16-/m000/s1. The van der Waals surface area contributed by atoms with Crippen LogP contribution in [0.3, 0.4) is 0 Å². The molecule has 0 aromatic heterocycles. The molecule has 0 saturated heterocycles. The molecule has 28 heteroatoms. The molecule has 8 N–H and O–H groups in total. The summed E-state index contributed by atoms with van der Waals surface area (Å²) in [4.78, 5) is 37.3. The second kappa shape index (κ2) is 24.9. The summed E-state index contributed by atoms with van der Waals surface area (Å²) in [6, 6.07) is 27.3. The van der Waals surface area contributed by atoms with Gasteiger partial charge in [-0.15, -0.1) is 0 Å². The molecule has 3 heterocycles. The van der Waals surface area contributed by atoms with Crippen molar-refractivity contribution in [3.63, 3.8) is 0 Å². The number of benzene rings is 5. The van der Waals surface area contributed by atoms with Crippen LogP contribution in [0.15, 0.2) is 112 Å². The lowest BCUT2D eigenvalue weighted by Crippen LogP contribution is -2.54. The molecule has 0 radical (unpaired) electrons. The summed E-state index contributed by atoms with van der Waals surface area (Å²) in [7, 11) is -7.62. The molecule has 0 saturated carbocycles. The van der Waals surface area contributed by atoms with Crippen molar-refractivity contribution in [3.05, 3.63) is 163 Å². The number of rotatable bonds is 4. The van der Waals surface area contributed by atoms with Gasteiger partial charge in [-0.3, -0.25) is 10.6 Å². The predicted octanol–water partition coefficient (Wildman–Crippen LogP) is 8.29. The van der Waals surface area contributed by atoms with Gasteiger partial charge in [0, 0.05) is 58.3 Å². The van der Waals surface area contributed by atoms with Crippen molar-refractivity contribution < 1.29 is 57.5 Å². The van der Waals surface area contributed by atoms with Crippen LogP contribution in [0.5, 0.6) is 0 Å². The average Bonchev–Trinajstić information content (AvgIpc) is 1.01. The Morgan fingerprint density at radius 2 is 1.01 bits per heavy atom. The van der Waals surface area contributed by atoms with Crippen LogP contribution >= 0.6 is 22.6 Å². The van der Waals surface area contributed by atoms with E-state index in [9.17, 15) is 43.6 Å². The Labute approximate surface area is 525 Å². The second-order valence-electron chi connectivity index (χ2n) is 23.7. The van der Waals surface area contributed by atoms with E-state index in [-0.39, 0.29) is 51.6 Å². The molecule has 0 unspecified atom stereocenters. The Balaban J connectivity index is 0.000000190. The molecule has 0 spiro atoms. The third-order valence-electron chi connectivity index (χ3n) is 14.0. The van der Waals surface area contributed by atoms with Gasteiger partial charge < -0.3 is 26.7 Å². The van der Waals surface area contributed by atoms with Crippen LogP contribution in [-0.4, -0.2) is 118 Å². The maximum atomic E-state index is 15.2. The number of sulfonamides is 3. The molecule has 88 heavy (non-hydrogen) atoms. The van der Waals surface area contributed by atoms with Crippen LogP contribution < -0.4 is 27.8 Å². The molecule has 21 nitrogen and oxygen atoms in total. The fourth-order valence-corrected chi connectivity index (χ4v) is 14.4. The number of guanidine groups is 3. The molecule has 470 valence electrons. The highest BCUT2D eigenvalue weighted by Crippen LogP contribution is 2.41. The van der Waals surface area contributed by atoms with Gasteiger partial charge in [0.1, 0.15) is 45.3 Å². The third-order valence-corrected chi connectivity index (χ3v) is 20.8. The van der Waals surface area contributed by atoms with Gasteiger partial charge in [-0.25, -0.2) is 75.9 Å². The van der Waals surface area contributed by atoms with Crippen molar-refractivity contribution in [2.24, 2.45) is 20.7 Å². The summed E-state index contributed by atoms with van der Waals surface area (Å²) in [6.07, 6.45) is 0.886. The minimum absolute atomic E-state index is 0.0283. The SMILES string of the molecule is CN1C(N)=N[C@](C)(c2cc3c(cc2F)C=C(c2ccccc2)C3)CS1(=O)=O.CN1C(NC(=O)OC(C)(C)C)=N[C@](C)(c2cc(N)c(C#Cc3ccccc3)cc2F)CS1(=O)=O.CN1C(NC(=O)OC(C)(C)C)=N[C@](C)(c2cc(N)c(I)cc2F)CS1(=O)=O. The first-order chi connectivity index (χ1) is 40.5. The zero-order valence-electron chi connectivity index (χ0n) is 50.4. The molecule has 2 amide bonds. The molecule has 1 aliphatic carbocycles. The fraction of sp³-hybridized carbons (Fsp3) is 0.350. The van der Waals surface area contributed by atoms with Crippen LogP contribution in [-0.2, 0) is 62.6 Å². The van der Waals surface area contributed by atoms with Gasteiger partial charge >= 0.3 is 12.2 Å². The number of alkyl carbamates (subject to hydrolysis) is 2. The molecule has 3 atom stereocenters. The molecular weight excluding hydrogens is 1310 g/mol. The zero-order chi connectivity index (χ0) is 65.5. The predicted molar refractivity (Wildman–Crippen MR) is 343 cm³/mol. The molecule has 5 aromatic rings. The van der Waals surface area contributed by atoms with Crippen molar-refractivity contribution in [1.82, 2.24) is 23.5 Å². The molecule has 0 bridgehead atoms. The largest absolute Gasteiger partial charge is 0.444 e. The topological polar surface area (TPSA) is 304 Å². The number of carbonyl (C=O) groups excluding carboxylic acids is 2. The van der Waals surface area contributed by atoms with Crippen LogP contribution in [0.2, 0.25) is 0 Å². The van der Waals surface area contributed by atoms with Gasteiger partial charge in [0.25, 0.3) is 0 Å². The third kappa shape index (κ3) is 15.7. The molecule has 9 rings (SSSR count). The Morgan fingerprint density at radius 3 is 1.49 bits per heavy atom. The Bertz CT molecular complexity index is 4150. The number of fused-ring (bicyclic) bond motifs is 1. The monoisotopic (exact) mass is 1380 g/mol. The van der Waals surface area contributed by atoms with E-state index < -0.39 is 99.0 Å². The van der Waals surface area contributed by atoms with Crippen molar-refractivity contribution in [2.75, 3.05) is 49.9 Å². The summed E-state index contributed by atoms with van der Waals surface area (Å²) in [6.45, 7) is 14.5. The lowest BCUT2D eigenvalue weighted by molar-refractivity contribution is 0.0546. The smallest absolute Gasteiger partial charge is 0.414 e. The van der Waals surface area contributed by atoms with E-state index in [0.717, 1.165) is 46.8 Å². The van der Waals surface area contributed by atoms with Crippen molar-refractivity contribution in [3.8, 4) is 11.8 Å². The van der Waals surface area contributed by atoms with Crippen molar-refractivity contribution in [2.45, 2.75) is 96.6 Å². The highest BCUT2D eigenvalue weighted by Gasteiger charge is 2.46. The van der Waals surface area contributed by atoms with Crippen LogP contribution in [0, 0.1) is 32.9 Å². The second-order valence-corrected chi connectivity index (χ2v) is 30.9. The summed E-state index contributed by atoms with van der Waals surface area (Å²) in [5.74, 6) is 1.94. The average molecular weight is 1380 g/mol. The highest BCUT2D eigenvalue weighted by molar-refractivity contribution is 14.1. The normalized spacial score (nSPS) is 21.6. The number of nitrogen functional groups attached to an aromatic ring is 2. The van der Waals surface area contributed by atoms with Gasteiger partial charge in [-0.1, -0.05) is 66.4 Å². The van der Waals surface area contributed by atoms with Gasteiger partial charge in [0.2, 0.25) is 47.9 Å². The number of nitrogens with two attached hydrogens (primary N) is 3. The summed E-state index contributed by atoms with van der Waals surface area (Å²) in [5, 5.41) is 4.68. The lowest BCUT2D eigenvalue weighted by atomic mass is 9.91. The Kier molecular flexibility index (Phi) is 19.2. The number of amides is 2. The number of nitrogens with zero attached hydrogens (tertiary/aromatic N) is 6. The van der Waals surface area contributed by atoms with Gasteiger partial charge in [0.05, 0.1) is 22.8 Å². The van der Waals surface area contributed by atoms with Crippen LogP contribution in [0.25, 0.3) is 11.6 Å². The number of halogens is 4. The van der Waals surface area contributed by atoms with E-state index >= 15 is 4.39 Å². The quantitative estimate of drug-likeness (QED) is 0.0643. The minimum Gasteiger partial charge on any atom is -0.444 e. The molecule has 4 aliphatic rings. The number of ether oxygens (including phenoxy) is 2. The number of carbonyl (C=O) groups is 2. The van der Waals surface area contributed by atoms with Gasteiger partial charge in [-0.2, -0.15) is 0 Å². The maximum Gasteiger partial charge on any atom is 0.414 e. The number of allylic oxidation sites excluding steroid dienone is 1. The zero-order valence-corrected chi connectivity index (χ0v) is 55.0. The highest BCUT2D eigenvalue weighted by atomic mass is 127. The molecule has 0 fully saturated rings. The van der Waals surface area contributed by atoms with E-state index in [1.54, 1.807) is 54.5 Å². The number of hydrogen-bond donors (Lipinski definition) is 5. The Hall–Kier alpha value is -7.88. The van der Waals surface area contributed by atoms with Crippen molar-refractivity contribution >= 4 is 106 Å². The number of hydrogen-bond acceptors (Lipinski definition) is 16. The van der Waals surface area contributed by atoms with E-state index in [0.29, 0.717) is 15.7 Å². The van der Waals surface area contributed by atoms with E-state index in [4.69, 9.17) is 26.7 Å². The van der Waals surface area contributed by atoms with Crippen LogP contribution in [0.4, 0.5) is 34.1 Å². The first-order valence-corrected chi connectivity index (χ1v) is 32.9. The first-order valence-electron chi connectivity index (χ1n) is 27.0. The number of aliphatic imine (C=N–C) groups is 3. The summed E-state index contributed by atoms with van der Waals surface area (Å²) in [5.41, 5.74) is 17.6. The fourth-order valence-electron chi connectivity index (χ4n) is 9.57. The van der Waals surface area contributed by atoms with E-state index in [2.05, 4.69) is 37.5 Å². The molecule has 3 aliphatic heterocycles. The molecule has 5 aromatic carbocycles. The first kappa shape index (κ1) is 67.6. The van der Waals surface area contributed by atoms with Crippen LogP contribution in [0.1, 0.15) is 107 Å². The lowest BCUT2D eigenvalue weighted by Gasteiger charge is -2.36. The minimum atomic E-state index is -3.94. The molecular formula is C60H69F3IN11O10S3. The summed E-state index contributed by atoms with van der Waals surface area (Å²) < 4.78 is 134. The van der Waals surface area contributed by atoms with Gasteiger partial charge in [0.15, 0.2) is 0 Å². The van der Waals surface area contributed by atoms with Crippen molar-refractivity contribution in [1.29, 1.82) is 0 Å². The summed E-state index contributed by atoms with van der Waals surface area (Å²) >= 11 is 1.88. The number of nitrogens with one attached hydrogen (secondary N) is 2. The van der Waals surface area contributed by atoms with E-state index in [1.165, 1.54) is 59.3 Å². The maximum absolute atomic E-state index is 15.2. The van der Waals surface area contributed by atoms with Gasteiger partial charge in [-0.05, 0) is 162 Å². The Morgan fingerprint density at radius 1 is 0.591 bits per heavy atom.